The summed E-state index contributed by atoms with van der Waals surface area (Å²) in [5.41, 5.74) is 1.29. The second-order valence-electron chi connectivity index (χ2n) is 5.62. The number of carbonyl (C=O) groups excluding carboxylic acids is 1. The summed E-state index contributed by atoms with van der Waals surface area (Å²) in [6.45, 7) is 4.98. The van der Waals surface area contributed by atoms with E-state index in [1.54, 1.807) is 42.5 Å². The Hall–Kier alpha value is -1.71. The Morgan fingerprint density at radius 3 is 2.43 bits per heavy atom. The molecule has 0 saturated carbocycles. The normalized spacial score (nSPS) is 10.7. The van der Waals surface area contributed by atoms with Crippen molar-refractivity contribution in [2.75, 3.05) is 6.54 Å². The summed E-state index contributed by atoms with van der Waals surface area (Å²) in [6, 6.07) is 12.4. The number of benzene rings is 2. The second kappa shape index (κ2) is 8.23. The molecular formula is C18H19Cl2NO2. The largest absolute Gasteiger partial charge is 0.489 e. The van der Waals surface area contributed by atoms with E-state index in [-0.39, 0.29) is 12.5 Å². The summed E-state index contributed by atoms with van der Waals surface area (Å²) in [6.07, 6.45) is 0. The van der Waals surface area contributed by atoms with E-state index in [4.69, 9.17) is 27.9 Å². The first-order chi connectivity index (χ1) is 11.0. The van der Waals surface area contributed by atoms with Gasteiger partial charge in [-0.1, -0.05) is 49.2 Å². The van der Waals surface area contributed by atoms with Crippen molar-refractivity contribution in [3.63, 3.8) is 0 Å². The maximum absolute atomic E-state index is 12.1. The van der Waals surface area contributed by atoms with Gasteiger partial charge in [-0.3, -0.25) is 4.79 Å². The topological polar surface area (TPSA) is 38.3 Å². The highest BCUT2D eigenvalue weighted by Crippen LogP contribution is 2.26. The van der Waals surface area contributed by atoms with Crippen LogP contribution in [0.2, 0.25) is 10.0 Å². The van der Waals surface area contributed by atoms with E-state index in [1.807, 2.05) is 13.8 Å². The minimum absolute atomic E-state index is 0.111. The molecule has 0 atom stereocenters. The fourth-order valence-electron chi connectivity index (χ4n) is 1.95. The fraction of sp³-hybridized carbons (Fsp3) is 0.278. The van der Waals surface area contributed by atoms with Gasteiger partial charge < -0.3 is 10.1 Å². The van der Waals surface area contributed by atoms with E-state index in [2.05, 4.69) is 5.32 Å². The molecule has 23 heavy (non-hydrogen) atoms. The van der Waals surface area contributed by atoms with Gasteiger partial charge in [0.1, 0.15) is 12.4 Å². The summed E-state index contributed by atoms with van der Waals surface area (Å²) >= 11 is 12.2. The Morgan fingerprint density at radius 2 is 1.78 bits per heavy atom. The molecule has 1 amide bonds. The minimum atomic E-state index is -0.111. The predicted molar refractivity (Wildman–Crippen MR) is 94.4 cm³/mol. The van der Waals surface area contributed by atoms with Gasteiger partial charge in [0.2, 0.25) is 0 Å². The van der Waals surface area contributed by atoms with Gasteiger partial charge in [-0.25, -0.2) is 0 Å². The van der Waals surface area contributed by atoms with Crippen LogP contribution in [-0.2, 0) is 6.61 Å². The van der Waals surface area contributed by atoms with E-state index >= 15 is 0 Å². The van der Waals surface area contributed by atoms with Crippen LogP contribution in [0.5, 0.6) is 5.75 Å². The lowest BCUT2D eigenvalue weighted by Gasteiger charge is -2.11. The summed E-state index contributed by atoms with van der Waals surface area (Å²) in [5.74, 6) is 0.888. The Morgan fingerprint density at radius 1 is 1.13 bits per heavy atom. The molecule has 2 aromatic carbocycles. The third-order valence-electron chi connectivity index (χ3n) is 3.21. The van der Waals surface area contributed by atoms with Crippen LogP contribution in [0.15, 0.2) is 42.5 Å². The Labute approximate surface area is 146 Å². The summed E-state index contributed by atoms with van der Waals surface area (Å²) in [7, 11) is 0. The van der Waals surface area contributed by atoms with Crippen LogP contribution in [0.4, 0.5) is 0 Å². The lowest BCUT2D eigenvalue weighted by molar-refractivity contribution is 0.0948. The Balaban J connectivity index is 2.04. The molecule has 0 radical (unpaired) electrons. The first-order valence-corrected chi connectivity index (χ1v) is 8.17. The van der Waals surface area contributed by atoms with E-state index in [1.165, 1.54) is 0 Å². The maximum Gasteiger partial charge on any atom is 0.251 e. The van der Waals surface area contributed by atoms with Crippen LogP contribution in [0.3, 0.4) is 0 Å². The SMILES string of the molecule is CC(C)CNC(=O)c1cccc(OCc2c(Cl)cccc2Cl)c1. The average Bonchev–Trinajstić information content (AvgIpc) is 2.52. The maximum atomic E-state index is 12.1. The number of halogens is 2. The molecule has 0 aliphatic heterocycles. The minimum Gasteiger partial charge on any atom is -0.489 e. The molecule has 0 spiro atoms. The number of ether oxygens (including phenoxy) is 1. The zero-order valence-corrected chi connectivity index (χ0v) is 14.6. The molecule has 2 aromatic rings. The summed E-state index contributed by atoms with van der Waals surface area (Å²) in [4.78, 5) is 12.1. The van der Waals surface area contributed by atoms with Crippen LogP contribution in [-0.4, -0.2) is 12.5 Å². The van der Waals surface area contributed by atoms with E-state index in [0.29, 0.717) is 33.8 Å². The predicted octanol–water partition coefficient (Wildman–Crippen LogP) is 4.96. The molecule has 3 nitrogen and oxygen atoms in total. The Kier molecular flexibility index (Phi) is 6.31. The molecule has 0 aromatic heterocycles. The van der Waals surface area contributed by atoms with Crippen molar-refractivity contribution < 1.29 is 9.53 Å². The lowest BCUT2D eigenvalue weighted by Crippen LogP contribution is -2.27. The van der Waals surface area contributed by atoms with Crippen molar-refractivity contribution in [2.24, 2.45) is 5.92 Å². The second-order valence-corrected chi connectivity index (χ2v) is 6.43. The Bertz CT molecular complexity index is 666. The van der Waals surface area contributed by atoms with Crippen molar-refractivity contribution in [2.45, 2.75) is 20.5 Å². The number of nitrogens with one attached hydrogen (secondary N) is 1. The van der Waals surface area contributed by atoms with Crippen LogP contribution < -0.4 is 10.1 Å². The molecule has 0 bridgehead atoms. The van der Waals surface area contributed by atoms with Crippen molar-refractivity contribution >= 4 is 29.1 Å². The molecule has 0 aliphatic rings. The average molecular weight is 352 g/mol. The van der Waals surface area contributed by atoms with Crippen LogP contribution in [0, 0.1) is 5.92 Å². The molecule has 0 saturated heterocycles. The van der Waals surface area contributed by atoms with Crippen molar-refractivity contribution in [3.8, 4) is 5.75 Å². The smallest absolute Gasteiger partial charge is 0.251 e. The zero-order valence-electron chi connectivity index (χ0n) is 13.1. The highest BCUT2D eigenvalue weighted by atomic mass is 35.5. The molecule has 5 heteroatoms. The monoisotopic (exact) mass is 351 g/mol. The van der Waals surface area contributed by atoms with E-state index in [0.717, 1.165) is 5.56 Å². The molecule has 0 aliphatic carbocycles. The molecule has 0 unspecified atom stereocenters. The molecule has 0 heterocycles. The molecule has 1 N–H and O–H groups in total. The van der Waals surface area contributed by atoms with Gasteiger partial charge in [0.15, 0.2) is 0 Å². The van der Waals surface area contributed by atoms with E-state index in [9.17, 15) is 4.79 Å². The molecule has 2 rings (SSSR count). The highest BCUT2D eigenvalue weighted by molar-refractivity contribution is 6.35. The van der Waals surface area contributed by atoms with Crippen molar-refractivity contribution in [1.82, 2.24) is 5.32 Å². The quantitative estimate of drug-likeness (QED) is 0.798. The molecule has 122 valence electrons. The van der Waals surface area contributed by atoms with Gasteiger partial charge in [0.05, 0.1) is 0 Å². The standard InChI is InChI=1S/C18H19Cl2NO2/c1-12(2)10-21-18(22)13-5-3-6-14(9-13)23-11-15-16(19)7-4-8-17(15)20/h3-9,12H,10-11H2,1-2H3,(H,21,22). The van der Waals surface area contributed by atoms with E-state index < -0.39 is 0 Å². The number of amides is 1. The number of carbonyl (C=O) groups is 1. The van der Waals surface area contributed by atoms with Crippen LogP contribution >= 0.6 is 23.2 Å². The van der Waals surface area contributed by atoms with Gasteiger partial charge >= 0.3 is 0 Å². The molecule has 0 fully saturated rings. The van der Waals surface area contributed by atoms with Crippen molar-refractivity contribution in [3.05, 3.63) is 63.6 Å². The summed E-state index contributed by atoms with van der Waals surface area (Å²) < 4.78 is 5.72. The fourth-order valence-corrected chi connectivity index (χ4v) is 2.46. The van der Waals surface area contributed by atoms with Gasteiger partial charge in [0.25, 0.3) is 5.91 Å². The number of hydrogen-bond acceptors (Lipinski definition) is 2. The van der Waals surface area contributed by atoms with Crippen LogP contribution in [0.1, 0.15) is 29.8 Å². The summed E-state index contributed by atoms with van der Waals surface area (Å²) in [5, 5.41) is 4.00. The van der Waals surface area contributed by atoms with Crippen LogP contribution in [0.25, 0.3) is 0 Å². The first kappa shape index (κ1) is 17.6. The van der Waals surface area contributed by atoms with Gasteiger partial charge in [-0.05, 0) is 36.2 Å². The third-order valence-corrected chi connectivity index (χ3v) is 3.92. The zero-order chi connectivity index (χ0) is 16.8. The lowest BCUT2D eigenvalue weighted by atomic mass is 10.1. The first-order valence-electron chi connectivity index (χ1n) is 7.41. The van der Waals surface area contributed by atoms with Crippen molar-refractivity contribution in [1.29, 1.82) is 0 Å². The van der Waals surface area contributed by atoms with Gasteiger partial charge in [0, 0.05) is 27.7 Å². The number of rotatable bonds is 6. The van der Waals surface area contributed by atoms with Gasteiger partial charge in [-0.2, -0.15) is 0 Å². The molecular weight excluding hydrogens is 333 g/mol. The van der Waals surface area contributed by atoms with Gasteiger partial charge in [-0.15, -0.1) is 0 Å². The highest BCUT2D eigenvalue weighted by Gasteiger charge is 2.09. The third kappa shape index (κ3) is 5.15. The number of hydrogen-bond donors (Lipinski definition) is 1.